The molecule has 0 fully saturated rings. The molecule has 0 saturated heterocycles. The van der Waals surface area contributed by atoms with E-state index in [2.05, 4.69) is 18.2 Å². The van der Waals surface area contributed by atoms with Crippen LogP contribution in [-0.2, 0) is 0 Å². The average Bonchev–Trinajstić information content (AvgIpc) is 2.28. The van der Waals surface area contributed by atoms with E-state index in [1.165, 1.54) is 12.1 Å². The van der Waals surface area contributed by atoms with Crippen molar-refractivity contribution in [3.63, 3.8) is 0 Å². The Balaban J connectivity index is 2.75. The van der Waals surface area contributed by atoms with E-state index in [0.717, 1.165) is 18.4 Å². The van der Waals surface area contributed by atoms with Crippen molar-refractivity contribution < 1.29 is 4.39 Å². The van der Waals surface area contributed by atoms with Crippen molar-refractivity contribution in [1.82, 2.24) is 5.32 Å². The molecule has 1 aromatic rings. The van der Waals surface area contributed by atoms with Crippen LogP contribution in [0.15, 0.2) is 18.2 Å². The first kappa shape index (κ1) is 14.0. The Labute approximate surface area is 107 Å². The third-order valence-electron chi connectivity index (χ3n) is 2.66. The van der Waals surface area contributed by atoms with Gasteiger partial charge in [0.25, 0.3) is 0 Å². The molecule has 92 valence electrons. The van der Waals surface area contributed by atoms with Crippen LogP contribution in [0.5, 0.6) is 0 Å². The number of hydrogen-bond acceptors (Lipinski definition) is 1. The van der Waals surface area contributed by atoms with Crippen LogP contribution >= 0.6 is 11.6 Å². The molecule has 3 heteroatoms. The number of rotatable bonds is 5. The van der Waals surface area contributed by atoms with Gasteiger partial charge in [-0.1, -0.05) is 36.9 Å². The lowest BCUT2D eigenvalue weighted by Gasteiger charge is -2.20. The minimum absolute atomic E-state index is 0.00991. The average molecular weight is 254 g/mol. The Morgan fingerprint density at radius 2 is 2.24 bits per heavy atom. The Morgan fingerprint density at radius 1 is 1.53 bits per heavy atom. The van der Waals surface area contributed by atoms with Crippen molar-refractivity contribution in [3.8, 4) is 12.3 Å². The van der Waals surface area contributed by atoms with Crippen molar-refractivity contribution in [2.75, 3.05) is 0 Å². The Kier molecular flexibility index (Phi) is 5.47. The van der Waals surface area contributed by atoms with Gasteiger partial charge < -0.3 is 0 Å². The standard InChI is InChI=1S/C14H17ClFN/c1-4-6-12(5-2)17-10(3)13-8-7-11(16)9-14(13)15/h2,7-10,12,17H,4,6H2,1,3H3. The third-order valence-corrected chi connectivity index (χ3v) is 2.99. The molecule has 0 aliphatic heterocycles. The SMILES string of the molecule is C#CC(CCC)NC(C)c1ccc(F)cc1Cl. The molecule has 2 unspecified atom stereocenters. The molecule has 0 amide bonds. The maximum Gasteiger partial charge on any atom is 0.124 e. The lowest BCUT2D eigenvalue weighted by molar-refractivity contribution is 0.494. The van der Waals surface area contributed by atoms with E-state index in [1.54, 1.807) is 6.07 Å². The summed E-state index contributed by atoms with van der Waals surface area (Å²) in [5, 5.41) is 3.73. The molecule has 0 heterocycles. The van der Waals surface area contributed by atoms with Crippen LogP contribution in [-0.4, -0.2) is 6.04 Å². The number of hydrogen-bond donors (Lipinski definition) is 1. The quantitative estimate of drug-likeness (QED) is 0.784. The maximum atomic E-state index is 12.9. The molecule has 0 aromatic heterocycles. The van der Waals surface area contributed by atoms with Gasteiger partial charge in [-0.05, 0) is 31.0 Å². The van der Waals surface area contributed by atoms with Crippen molar-refractivity contribution in [2.24, 2.45) is 0 Å². The number of nitrogens with one attached hydrogen (secondary N) is 1. The van der Waals surface area contributed by atoms with Crippen LogP contribution < -0.4 is 5.32 Å². The molecule has 0 saturated carbocycles. The fourth-order valence-electron chi connectivity index (χ4n) is 1.75. The van der Waals surface area contributed by atoms with Crippen molar-refractivity contribution in [1.29, 1.82) is 0 Å². The molecule has 0 aliphatic rings. The molecule has 0 aliphatic carbocycles. The first-order valence-corrected chi connectivity index (χ1v) is 6.13. The van der Waals surface area contributed by atoms with Crippen molar-refractivity contribution in [2.45, 2.75) is 38.8 Å². The summed E-state index contributed by atoms with van der Waals surface area (Å²) in [6.07, 6.45) is 7.38. The Hall–Kier alpha value is -1.04. The highest BCUT2D eigenvalue weighted by Crippen LogP contribution is 2.24. The van der Waals surface area contributed by atoms with Crippen LogP contribution in [0.1, 0.15) is 38.3 Å². The molecule has 17 heavy (non-hydrogen) atoms. The zero-order valence-electron chi connectivity index (χ0n) is 10.1. The lowest BCUT2D eigenvalue weighted by Crippen LogP contribution is -2.30. The predicted octanol–water partition coefficient (Wildman–Crippen LogP) is 3.93. The highest BCUT2D eigenvalue weighted by Gasteiger charge is 2.13. The van der Waals surface area contributed by atoms with Gasteiger partial charge in [0.15, 0.2) is 0 Å². The van der Waals surface area contributed by atoms with E-state index < -0.39 is 0 Å². The summed E-state index contributed by atoms with van der Waals surface area (Å²) < 4.78 is 12.9. The van der Waals surface area contributed by atoms with E-state index in [1.807, 2.05) is 6.92 Å². The van der Waals surface area contributed by atoms with Gasteiger partial charge in [0, 0.05) is 11.1 Å². The lowest BCUT2D eigenvalue weighted by atomic mass is 10.1. The highest BCUT2D eigenvalue weighted by molar-refractivity contribution is 6.31. The number of benzene rings is 1. The highest BCUT2D eigenvalue weighted by atomic mass is 35.5. The first-order valence-electron chi connectivity index (χ1n) is 5.75. The summed E-state index contributed by atoms with van der Waals surface area (Å²) in [5.74, 6) is 2.38. The number of terminal acetylenes is 1. The summed E-state index contributed by atoms with van der Waals surface area (Å²) in [5.41, 5.74) is 0.865. The van der Waals surface area contributed by atoms with Gasteiger partial charge in [0.05, 0.1) is 6.04 Å². The Morgan fingerprint density at radius 3 is 2.76 bits per heavy atom. The molecule has 1 aromatic carbocycles. The molecule has 0 spiro atoms. The van der Waals surface area contributed by atoms with E-state index >= 15 is 0 Å². The molecular weight excluding hydrogens is 237 g/mol. The zero-order valence-corrected chi connectivity index (χ0v) is 10.9. The summed E-state index contributed by atoms with van der Waals surface area (Å²) >= 11 is 6.00. The molecule has 1 rings (SSSR count). The molecule has 1 nitrogen and oxygen atoms in total. The van der Waals surface area contributed by atoms with E-state index in [4.69, 9.17) is 18.0 Å². The summed E-state index contributed by atoms with van der Waals surface area (Å²) in [7, 11) is 0. The second-order valence-corrected chi connectivity index (χ2v) is 4.47. The van der Waals surface area contributed by atoms with Crippen LogP contribution in [0.4, 0.5) is 4.39 Å². The summed E-state index contributed by atoms with van der Waals surface area (Å²) in [6, 6.07) is 4.45. The Bertz CT molecular complexity index is 411. The van der Waals surface area contributed by atoms with Gasteiger partial charge in [0.1, 0.15) is 5.82 Å². The van der Waals surface area contributed by atoms with Gasteiger partial charge in [0.2, 0.25) is 0 Å². The molecule has 0 bridgehead atoms. The maximum absolute atomic E-state index is 12.9. The fraction of sp³-hybridized carbons (Fsp3) is 0.429. The largest absolute Gasteiger partial charge is 0.297 e. The topological polar surface area (TPSA) is 12.0 Å². The monoisotopic (exact) mass is 253 g/mol. The molecule has 0 radical (unpaired) electrons. The summed E-state index contributed by atoms with van der Waals surface area (Å²) in [4.78, 5) is 0. The minimum Gasteiger partial charge on any atom is -0.297 e. The van der Waals surface area contributed by atoms with Gasteiger partial charge in [-0.15, -0.1) is 6.42 Å². The van der Waals surface area contributed by atoms with Gasteiger partial charge in [-0.2, -0.15) is 0 Å². The first-order chi connectivity index (χ1) is 8.08. The second kappa shape index (κ2) is 6.64. The normalized spacial score (nSPS) is 14.1. The van der Waals surface area contributed by atoms with Crippen LogP contribution in [0, 0.1) is 18.2 Å². The van der Waals surface area contributed by atoms with Gasteiger partial charge >= 0.3 is 0 Å². The minimum atomic E-state index is -0.326. The molecule has 2 atom stereocenters. The number of halogens is 2. The van der Waals surface area contributed by atoms with E-state index in [9.17, 15) is 4.39 Å². The smallest absolute Gasteiger partial charge is 0.124 e. The third kappa shape index (κ3) is 4.03. The van der Waals surface area contributed by atoms with E-state index in [0.29, 0.717) is 5.02 Å². The summed E-state index contributed by atoms with van der Waals surface area (Å²) in [6.45, 7) is 4.06. The van der Waals surface area contributed by atoms with Gasteiger partial charge in [-0.3, -0.25) is 5.32 Å². The molecular formula is C14H17ClFN. The van der Waals surface area contributed by atoms with Crippen molar-refractivity contribution in [3.05, 3.63) is 34.6 Å². The molecule has 1 N–H and O–H groups in total. The van der Waals surface area contributed by atoms with Crippen LogP contribution in [0.2, 0.25) is 5.02 Å². The van der Waals surface area contributed by atoms with Crippen molar-refractivity contribution >= 4 is 11.6 Å². The van der Waals surface area contributed by atoms with E-state index in [-0.39, 0.29) is 17.9 Å². The zero-order chi connectivity index (χ0) is 12.8. The van der Waals surface area contributed by atoms with Gasteiger partial charge in [-0.25, -0.2) is 4.39 Å². The van der Waals surface area contributed by atoms with Crippen LogP contribution in [0.3, 0.4) is 0 Å². The fourth-order valence-corrected chi connectivity index (χ4v) is 2.08. The second-order valence-electron chi connectivity index (χ2n) is 4.06. The van der Waals surface area contributed by atoms with Crippen LogP contribution in [0.25, 0.3) is 0 Å². The predicted molar refractivity (Wildman–Crippen MR) is 70.5 cm³/mol.